The van der Waals surface area contributed by atoms with Gasteiger partial charge < -0.3 is 14.5 Å². The smallest absolute Gasteiger partial charge is 0.410 e. The summed E-state index contributed by atoms with van der Waals surface area (Å²) in [5.74, 6) is 0.0840. The third kappa shape index (κ3) is 4.17. The van der Waals surface area contributed by atoms with Gasteiger partial charge in [-0.3, -0.25) is 9.20 Å². The van der Waals surface area contributed by atoms with Crippen LogP contribution in [0.25, 0.3) is 4.96 Å². The fraction of sp³-hybridized carbons (Fsp3) is 0.611. The predicted molar refractivity (Wildman–Crippen MR) is 100 cm³/mol. The summed E-state index contributed by atoms with van der Waals surface area (Å²) in [7, 11) is 1.75. The maximum Gasteiger partial charge on any atom is 0.410 e. The number of carbonyl (C=O) groups is 2. The number of likely N-dealkylation sites (tertiary alicyclic amines) is 1. The third-order valence-corrected chi connectivity index (χ3v) is 5.43. The van der Waals surface area contributed by atoms with Crippen LogP contribution >= 0.6 is 11.3 Å². The van der Waals surface area contributed by atoms with E-state index in [-0.39, 0.29) is 18.0 Å². The van der Waals surface area contributed by atoms with E-state index < -0.39 is 5.60 Å². The summed E-state index contributed by atoms with van der Waals surface area (Å²) in [6, 6.07) is -0.0155. The molecule has 3 heterocycles. The second kappa shape index (κ2) is 7.26. The van der Waals surface area contributed by atoms with Gasteiger partial charge in [0.05, 0.1) is 12.5 Å². The molecule has 3 rings (SSSR count). The molecule has 1 aliphatic heterocycles. The summed E-state index contributed by atoms with van der Waals surface area (Å²) in [4.78, 5) is 33.7. The van der Waals surface area contributed by atoms with Crippen LogP contribution in [0.4, 0.5) is 4.79 Å². The molecule has 1 aliphatic rings. The van der Waals surface area contributed by atoms with Crippen molar-refractivity contribution < 1.29 is 14.3 Å². The molecular weight excluding hydrogens is 352 g/mol. The molecule has 0 unspecified atom stereocenters. The summed E-state index contributed by atoms with van der Waals surface area (Å²) in [6.07, 6.45) is 5.39. The van der Waals surface area contributed by atoms with Crippen molar-refractivity contribution >= 4 is 28.3 Å². The Bertz CT molecular complexity index is 792. The highest BCUT2D eigenvalue weighted by Gasteiger charge is 2.31. The lowest BCUT2D eigenvalue weighted by molar-refractivity contribution is -0.132. The Morgan fingerprint density at radius 2 is 2.19 bits per heavy atom. The van der Waals surface area contributed by atoms with E-state index in [1.165, 1.54) is 11.3 Å². The Hall–Kier alpha value is -2.09. The van der Waals surface area contributed by atoms with Gasteiger partial charge in [0.1, 0.15) is 5.60 Å². The van der Waals surface area contributed by atoms with Gasteiger partial charge in [0, 0.05) is 43.6 Å². The van der Waals surface area contributed by atoms with E-state index in [1.807, 2.05) is 41.6 Å². The maximum atomic E-state index is 12.8. The van der Waals surface area contributed by atoms with Crippen molar-refractivity contribution in [1.29, 1.82) is 0 Å². The largest absolute Gasteiger partial charge is 0.444 e. The zero-order valence-electron chi connectivity index (χ0n) is 15.8. The lowest BCUT2D eigenvalue weighted by Crippen LogP contribution is -2.51. The van der Waals surface area contributed by atoms with Crippen molar-refractivity contribution in [2.45, 2.75) is 51.7 Å². The Morgan fingerprint density at radius 1 is 1.42 bits per heavy atom. The van der Waals surface area contributed by atoms with Gasteiger partial charge in [-0.2, -0.15) is 0 Å². The van der Waals surface area contributed by atoms with Crippen LogP contribution in [0, 0.1) is 0 Å². The van der Waals surface area contributed by atoms with E-state index in [9.17, 15) is 9.59 Å². The number of ether oxygens (including phenoxy) is 1. The van der Waals surface area contributed by atoms with Crippen LogP contribution in [0.2, 0.25) is 0 Å². The van der Waals surface area contributed by atoms with Crippen LogP contribution in [-0.4, -0.2) is 63.0 Å². The van der Waals surface area contributed by atoms with Crippen molar-refractivity contribution in [3.05, 3.63) is 23.5 Å². The first-order valence-electron chi connectivity index (χ1n) is 8.87. The molecule has 0 N–H and O–H groups in total. The first-order chi connectivity index (χ1) is 12.2. The second-order valence-corrected chi connectivity index (χ2v) is 8.55. The molecule has 2 amide bonds. The molecule has 1 atom stereocenters. The summed E-state index contributed by atoms with van der Waals surface area (Å²) in [5.41, 5.74) is 0.431. The molecule has 0 spiro atoms. The molecule has 8 heteroatoms. The van der Waals surface area contributed by atoms with Gasteiger partial charge in [-0.25, -0.2) is 9.78 Å². The Kier molecular flexibility index (Phi) is 5.22. The minimum atomic E-state index is -0.523. The van der Waals surface area contributed by atoms with Gasteiger partial charge in [0.25, 0.3) is 0 Å². The number of hydrogen-bond donors (Lipinski definition) is 0. The molecule has 2 aromatic heterocycles. The summed E-state index contributed by atoms with van der Waals surface area (Å²) < 4.78 is 7.40. The molecule has 0 saturated carbocycles. The van der Waals surface area contributed by atoms with Gasteiger partial charge in [-0.05, 0) is 33.6 Å². The number of thiazole rings is 1. The average molecular weight is 378 g/mol. The monoisotopic (exact) mass is 378 g/mol. The molecule has 142 valence electrons. The highest BCUT2D eigenvalue weighted by molar-refractivity contribution is 7.15. The summed E-state index contributed by atoms with van der Waals surface area (Å²) in [6.45, 7) is 6.84. The third-order valence-electron chi connectivity index (χ3n) is 4.53. The molecule has 26 heavy (non-hydrogen) atoms. The zero-order chi connectivity index (χ0) is 18.9. The average Bonchev–Trinajstić information content (AvgIpc) is 3.17. The number of imidazole rings is 1. The van der Waals surface area contributed by atoms with Crippen LogP contribution in [0.1, 0.15) is 39.3 Å². The number of amides is 2. The fourth-order valence-corrected chi connectivity index (χ4v) is 4.00. The number of rotatable bonds is 3. The highest BCUT2D eigenvalue weighted by atomic mass is 32.1. The number of carbonyl (C=O) groups excluding carboxylic acids is 2. The maximum absolute atomic E-state index is 12.8. The van der Waals surface area contributed by atoms with Crippen LogP contribution in [-0.2, 0) is 16.0 Å². The molecular formula is C18H26N4O3S. The fourth-order valence-electron chi connectivity index (χ4n) is 3.15. The number of hydrogen-bond acceptors (Lipinski definition) is 5. The Balaban J connectivity index is 1.61. The molecule has 1 saturated heterocycles. The number of likely N-dealkylation sites (N-methyl/N-ethyl adjacent to an activating group) is 1. The second-order valence-electron chi connectivity index (χ2n) is 7.71. The molecule has 7 nitrogen and oxygen atoms in total. The van der Waals surface area contributed by atoms with E-state index in [0.717, 1.165) is 30.0 Å². The highest BCUT2D eigenvalue weighted by Crippen LogP contribution is 2.20. The SMILES string of the molecule is CN(C(=O)OC(C)(C)C)[C@H]1CCCN(C(=O)Cc2csc3nccn23)C1. The molecule has 1 fully saturated rings. The zero-order valence-corrected chi connectivity index (χ0v) is 16.6. The van der Waals surface area contributed by atoms with Crippen LogP contribution in [0.15, 0.2) is 17.8 Å². The van der Waals surface area contributed by atoms with E-state index in [1.54, 1.807) is 18.1 Å². The van der Waals surface area contributed by atoms with E-state index in [2.05, 4.69) is 4.98 Å². The quantitative estimate of drug-likeness (QED) is 0.824. The van der Waals surface area contributed by atoms with Crippen molar-refractivity contribution in [3.8, 4) is 0 Å². The van der Waals surface area contributed by atoms with E-state index in [0.29, 0.717) is 13.0 Å². The molecule has 0 bridgehead atoms. The van der Waals surface area contributed by atoms with Gasteiger partial charge in [0.2, 0.25) is 5.91 Å². The van der Waals surface area contributed by atoms with Gasteiger partial charge >= 0.3 is 6.09 Å². The first kappa shape index (κ1) is 18.7. The van der Waals surface area contributed by atoms with Crippen molar-refractivity contribution in [3.63, 3.8) is 0 Å². The Morgan fingerprint density at radius 3 is 2.92 bits per heavy atom. The van der Waals surface area contributed by atoms with Crippen LogP contribution in [0.3, 0.4) is 0 Å². The van der Waals surface area contributed by atoms with Crippen LogP contribution in [0.5, 0.6) is 0 Å². The van der Waals surface area contributed by atoms with E-state index in [4.69, 9.17) is 4.74 Å². The molecule has 0 radical (unpaired) electrons. The lowest BCUT2D eigenvalue weighted by Gasteiger charge is -2.38. The standard InChI is InChI=1S/C18H26N4O3S/c1-18(2,3)25-17(24)20(4)13-6-5-8-21(11-13)15(23)10-14-12-26-16-19-7-9-22(14)16/h7,9,12-13H,5-6,8,10-11H2,1-4H3/t13-/m0/s1. The number of aromatic nitrogens is 2. The number of fused-ring (bicyclic) bond motifs is 1. The lowest BCUT2D eigenvalue weighted by atomic mass is 10.0. The van der Waals surface area contributed by atoms with E-state index >= 15 is 0 Å². The minimum Gasteiger partial charge on any atom is -0.444 e. The summed E-state index contributed by atoms with van der Waals surface area (Å²) in [5, 5.41) is 1.98. The molecule has 0 aromatic carbocycles. The molecule has 2 aromatic rings. The van der Waals surface area contributed by atoms with Gasteiger partial charge in [-0.1, -0.05) is 0 Å². The van der Waals surface area contributed by atoms with Crippen molar-refractivity contribution in [1.82, 2.24) is 19.2 Å². The minimum absolute atomic E-state index is 0.0155. The van der Waals surface area contributed by atoms with Crippen molar-refractivity contribution in [2.24, 2.45) is 0 Å². The van der Waals surface area contributed by atoms with Crippen molar-refractivity contribution in [2.75, 3.05) is 20.1 Å². The molecule has 0 aliphatic carbocycles. The normalized spacial score (nSPS) is 18.2. The first-order valence-corrected chi connectivity index (χ1v) is 9.75. The van der Waals surface area contributed by atoms with Gasteiger partial charge in [0.15, 0.2) is 4.96 Å². The summed E-state index contributed by atoms with van der Waals surface area (Å²) >= 11 is 1.54. The van der Waals surface area contributed by atoms with Gasteiger partial charge in [-0.15, -0.1) is 11.3 Å². The predicted octanol–water partition coefficient (Wildman–Crippen LogP) is 2.80. The topological polar surface area (TPSA) is 67.2 Å². The number of piperidine rings is 1. The number of nitrogens with zero attached hydrogens (tertiary/aromatic N) is 4. The van der Waals surface area contributed by atoms with Crippen LogP contribution < -0.4 is 0 Å². The Labute approximate surface area is 157 Å².